The predicted octanol–water partition coefficient (Wildman–Crippen LogP) is 3.81. The van der Waals surface area contributed by atoms with Crippen LogP contribution in [0.3, 0.4) is 0 Å². The molecule has 0 atom stereocenters. The van der Waals surface area contributed by atoms with E-state index in [-0.39, 0.29) is 38.3 Å². The van der Waals surface area contributed by atoms with Crippen LogP contribution in [0.1, 0.15) is 20.8 Å². The molecule has 0 fully saturated rings. The van der Waals surface area contributed by atoms with Gasteiger partial charge in [-0.3, -0.25) is 9.59 Å². The molecule has 1 aromatic heterocycles. The zero-order chi connectivity index (χ0) is 26.2. The Morgan fingerprint density at radius 2 is 1.78 bits per heavy atom. The zero-order valence-corrected chi connectivity index (χ0v) is 21.9. The van der Waals surface area contributed by atoms with Crippen LogP contribution in [0.5, 0.6) is 23.0 Å². The first-order valence-corrected chi connectivity index (χ1v) is 12.6. The molecule has 37 heavy (non-hydrogen) atoms. The number of rotatable bonds is 12. The van der Waals surface area contributed by atoms with Crippen LogP contribution in [0.25, 0.3) is 0 Å². The summed E-state index contributed by atoms with van der Waals surface area (Å²) in [7, 11) is 4.59. The highest BCUT2D eigenvalue weighted by Gasteiger charge is 2.26. The van der Waals surface area contributed by atoms with Gasteiger partial charge in [0.05, 0.1) is 32.9 Å². The molecule has 3 aromatic rings. The van der Waals surface area contributed by atoms with Crippen LogP contribution in [0.2, 0.25) is 0 Å². The van der Waals surface area contributed by atoms with E-state index in [0.29, 0.717) is 41.7 Å². The van der Waals surface area contributed by atoms with E-state index in [1.807, 2.05) is 35.7 Å². The van der Waals surface area contributed by atoms with Gasteiger partial charge in [-0.15, -0.1) is 11.3 Å². The smallest absolute Gasteiger partial charge is 0.258 e. The monoisotopic (exact) mass is 526 g/mol. The molecule has 10 heteroatoms. The van der Waals surface area contributed by atoms with Crippen LogP contribution in [0, 0.1) is 0 Å². The molecule has 9 nitrogen and oxygen atoms in total. The Bertz CT molecular complexity index is 1220. The Kier molecular flexibility index (Phi) is 8.86. The van der Waals surface area contributed by atoms with E-state index in [4.69, 9.17) is 23.7 Å². The van der Waals surface area contributed by atoms with Gasteiger partial charge in [-0.2, -0.15) is 0 Å². The van der Waals surface area contributed by atoms with E-state index in [1.54, 1.807) is 48.7 Å². The molecular formula is C27H30N2O7S. The summed E-state index contributed by atoms with van der Waals surface area (Å²) in [5, 5.41) is 1.98. The zero-order valence-electron chi connectivity index (χ0n) is 21.1. The van der Waals surface area contributed by atoms with Crippen LogP contribution < -0.4 is 18.9 Å². The molecule has 0 aliphatic carbocycles. The van der Waals surface area contributed by atoms with Crippen LogP contribution in [-0.4, -0.2) is 69.4 Å². The second-order valence-corrected chi connectivity index (χ2v) is 9.33. The van der Waals surface area contributed by atoms with Gasteiger partial charge in [0.2, 0.25) is 12.7 Å². The first-order chi connectivity index (χ1) is 18.0. The first kappa shape index (κ1) is 26.3. The minimum absolute atomic E-state index is 0.118. The van der Waals surface area contributed by atoms with Crippen molar-refractivity contribution in [3.8, 4) is 23.0 Å². The third kappa shape index (κ3) is 6.52. The minimum Gasteiger partial charge on any atom is -0.497 e. The molecule has 2 aromatic carbocycles. The highest BCUT2D eigenvalue weighted by molar-refractivity contribution is 7.09. The molecule has 0 saturated heterocycles. The minimum atomic E-state index is -0.330. The fraction of sp³-hybridized carbons (Fsp3) is 0.333. The second-order valence-electron chi connectivity index (χ2n) is 8.30. The van der Waals surface area contributed by atoms with Gasteiger partial charge in [-0.1, -0.05) is 12.1 Å². The van der Waals surface area contributed by atoms with E-state index in [9.17, 15) is 9.59 Å². The van der Waals surface area contributed by atoms with Crippen LogP contribution in [0.15, 0.2) is 53.9 Å². The van der Waals surface area contributed by atoms with Gasteiger partial charge in [-0.25, -0.2) is 0 Å². The summed E-state index contributed by atoms with van der Waals surface area (Å²) < 4.78 is 26.8. The molecule has 2 heterocycles. The largest absolute Gasteiger partial charge is 0.497 e. The molecule has 1 aliphatic heterocycles. The lowest BCUT2D eigenvalue weighted by atomic mass is 10.1. The number of benzene rings is 2. The van der Waals surface area contributed by atoms with Crippen molar-refractivity contribution in [3.63, 3.8) is 0 Å². The maximum Gasteiger partial charge on any atom is 0.258 e. The Labute approximate surface area is 220 Å². The number of nitrogens with zero attached hydrogens (tertiary/aromatic N) is 2. The summed E-state index contributed by atoms with van der Waals surface area (Å²) in [4.78, 5) is 31.5. The van der Waals surface area contributed by atoms with Gasteiger partial charge in [0, 0.05) is 31.1 Å². The summed E-state index contributed by atoms with van der Waals surface area (Å²) in [6.45, 7) is 1.36. The van der Waals surface area contributed by atoms with E-state index in [1.165, 1.54) is 12.0 Å². The number of fused-ring (bicyclic) bond motifs is 1. The van der Waals surface area contributed by atoms with Crippen molar-refractivity contribution in [2.75, 3.05) is 47.8 Å². The van der Waals surface area contributed by atoms with E-state index in [0.717, 1.165) is 10.4 Å². The number of thiophene rings is 1. The number of methoxy groups -OCH3 is 3. The first-order valence-electron chi connectivity index (χ1n) is 11.7. The van der Waals surface area contributed by atoms with E-state index >= 15 is 0 Å². The maximum atomic E-state index is 13.7. The van der Waals surface area contributed by atoms with Crippen molar-refractivity contribution in [3.05, 3.63) is 69.9 Å². The maximum absolute atomic E-state index is 13.7. The van der Waals surface area contributed by atoms with Crippen molar-refractivity contribution in [2.45, 2.75) is 13.1 Å². The molecule has 0 unspecified atom stereocenters. The molecule has 0 saturated carbocycles. The lowest BCUT2D eigenvalue weighted by Crippen LogP contribution is -2.43. The fourth-order valence-electron chi connectivity index (χ4n) is 3.95. The topological polar surface area (TPSA) is 86.8 Å². The normalized spacial score (nSPS) is 11.8. The Morgan fingerprint density at radius 3 is 2.51 bits per heavy atom. The third-order valence-electron chi connectivity index (χ3n) is 5.91. The third-order valence-corrected chi connectivity index (χ3v) is 6.77. The molecule has 2 amide bonds. The number of ether oxygens (including phenoxy) is 5. The fourth-order valence-corrected chi connectivity index (χ4v) is 4.66. The summed E-state index contributed by atoms with van der Waals surface area (Å²) in [5.74, 6) is 1.76. The number of carbonyl (C=O) groups excluding carboxylic acids is 2. The van der Waals surface area contributed by atoms with Gasteiger partial charge in [0.1, 0.15) is 18.0 Å². The summed E-state index contributed by atoms with van der Waals surface area (Å²) in [6.07, 6.45) is 0. The molecule has 4 rings (SSSR count). The molecule has 0 N–H and O–H groups in total. The van der Waals surface area contributed by atoms with Crippen molar-refractivity contribution < 1.29 is 33.3 Å². The van der Waals surface area contributed by atoms with Crippen molar-refractivity contribution in [2.24, 2.45) is 0 Å². The quantitative estimate of drug-likeness (QED) is 0.355. The average molecular weight is 527 g/mol. The highest BCUT2D eigenvalue weighted by Crippen LogP contribution is 2.33. The predicted molar refractivity (Wildman–Crippen MR) is 138 cm³/mol. The van der Waals surface area contributed by atoms with Gasteiger partial charge in [-0.05, 0) is 41.3 Å². The van der Waals surface area contributed by atoms with Crippen molar-refractivity contribution >= 4 is 23.2 Å². The second kappa shape index (κ2) is 12.5. The Balaban J connectivity index is 1.56. The van der Waals surface area contributed by atoms with Gasteiger partial charge >= 0.3 is 0 Å². The molecule has 0 radical (unpaired) electrons. The number of hydrogen-bond acceptors (Lipinski definition) is 8. The SMILES string of the molecule is COCCN(CC(=O)N(Cc1ccc2c(c1)OCO2)Cc1cccs1)C(=O)c1ccc(OC)cc1OC. The van der Waals surface area contributed by atoms with Gasteiger partial charge in [0.25, 0.3) is 5.91 Å². The van der Waals surface area contributed by atoms with Crippen molar-refractivity contribution in [1.82, 2.24) is 9.80 Å². The van der Waals surface area contributed by atoms with Crippen molar-refractivity contribution in [1.29, 1.82) is 0 Å². The number of amides is 2. The summed E-state index contributed by atoms with van der Waals surface area (Å²) >= 11 is 1.58. The molecule has 196 valence electrons. The molecule has 1 aliphatic rings. The lowest BCUT2D eigenvalue weighted by molar-refractivity contribution is -0.133. The molecule has 0 bridgehead atoms. The number of hydrogen-bond donors (Lipinski definition) is 0. The average Bonchev–Trinajstić information content (AvgIpc) is 3.61. The van der Waals surface area contributed by atoms with E-state index in [2.05, 4.69) is 0 Å². The van der Waals surface area contributed by atoms with Crippen LogP contribution in [0.4, 0.5) is 0 Å². The van der Waals surface area contributed by atoms with Crippen LogP contribution in [-0.2, 0) is 22.6 Å². The molecular weight excluding hydrogens is 496 g/mol. The van der Waals surface area contributed by atoms with E-state index < -0.39 is 0 Å². The highest BCUT2D eigenvalue weighted by atomic mass is 32.1. The summed E-state index contributed by atoms with van der Waals surface area (Å²) in [6, 6.07) is 14.6. The molecule has 0 spiro atoms. The Hall–Kier alpha value is -3.76. The number of carbonyl (C=O) groups is 2. The van der Waals surface area contributed by atoms with Crippen LogP contribution >= 0.6 is 11.3 Å². The standard InChI is InChI=1S/C27H30N2O7S/c1-32-11-10-28(27(31)22-8-7-20(33-2)14-24(22)34-3)17-26(30)29(16-21-5-4-12-37-21)15-19-6-9-23-25(13-19)36-18-35-23/h4-9,12-14H,10-11,15-18H2,1-3H3. The Morgan fingerprint density at radius 1 is 0.946 bits per heavy atom. The van der Waals surface area contributed by atoms with Gasteiger partial charge in [0.15, 0.2) is 11.5 Å². The summed E-state index contributed by atoms with van der Waals surface area (Å²) in [5.41, 5.74) is 1.24. The lowest BCUT2D eigenvalue weighted by Gasteiger charge is -2.28. The van der Waals surface area contributed by atoms with Gasteiger partial charge < -0.3 is 33.5 Å².